The Morgan fingerprint density at radius 1 is 1.07 bits per heavy atom. The summed E-state index contributed by atoms with van der Waals surface area (Å²) in [5.41, 5.74) is 2.72. The van der Waals surface area contributed by atoms with Crippen molar-refractivity contribution < 1.29 is 17.6 Å². The van der Waals surface area contributed by atoms with Crippen molar-refractivity contribution in [1.82, 2.24) is 9.62 Å². The average molecular weight is 427 g/mol. The van der Waals surface area contributed by atoms with Crippen LogP contribution in [0.3, 0.4) is 0 Å². The van der Waals surface area contributed by atoms with Crippen LogP contribution in [0.2, 0.25) is 0 Å². The molecule has 0 aliphatic carbocycles. The van der Waals surface area contributed by atoms with Gasteiger partial charge in [0, 0.05) is 25.0 Å². The third-order valence-corrected chi connectivity index (χ3v) is 7.31. The van der Waals surface area contributed by atoms with Crippen LogP contribution in [0.1, 0.15) is 34.5 Å². The molecule has 1 N–H and O–H groups in total. The highest BCUT2D eigenvalue weighted by Crippen LogP contribution is 2.23. The van der Waals surface area contributed by atoms with E-state index in [0.29, 0.717) is 35.9 Å². The normalized spacial score (nSPS) is 15.6. The summed E-state index contributed by atoms with van der Waals surface area (Å²) in [6.45, 7) is 5.42. The summed E-state index contributed by atoms with van der Waals surface area (Å²) in [6, 6.07) is 14.5. The minimum absolute atomic E-state index is 0.111. The molecule has 4 rings (SSSR count). The van der Waals surface area contributed by atoms with E-state index in [1.807, 2.05) is 44.2 Å². The third kappa shape index (κ3) is 4.27. The Balaban J connectivity index is 1.33. The number of likely N-dealkylation sites (tertiary alicyclic amines) is 1. The molecule has 0 atom stereocenters. The van der Waals surface area contributed by atoms with Crippen LogP contribution >= 0.6 is 0 Å². The lowest BCUT2D eigenvalue weighted by Gasteiger charge is -2.31. The van der Waals surface area contributed by atoms with Gasteiger partial charge in [-0.2, -0.15) is 0 Å². The molecule has 7 heteroatoms. The molecule has 3 aromatic rings. The number of sulfonamides is 1. The Morgan fingerprint density at radius 3 is 2.50 bits per heavy atom. The van der Waals surface area contributed by atoms with E-state index < -0.39 is 10.0 Å². The maximum absolute atomic E-state index is 12.8. The van der Waals surface area contributed by atoms with E-state index in [9.17, 15) is 13.2 Å². The van der Waals surface area contributed by atoms with Gasteiger partial charge in [-0.25, -0.2) is 13.1 Å². The van der Waals surface area contributed by atoms with Crippen LogP contribution in [0.5, 0.6) is 0 Å². The van der Waals surface area contributed by atoms with E-state index in [1.165, 1.54) is 0 Å². The average Bonchev–Trinajstić information content (AvgIpc) is 3.18. The molecule has 2 heterocycles. The quantitative estimate of drug-likeness (QED) is 0.671. The number of nitrogens with one attached hydrogen (secondary N) is 1. The van der Waals surface area contributed by atoms with E-state index in [0.717, 1.165) is 29.4 Å². The van der Waals surface area contributed by atoms with Crippen LogP contribution in [0.4, 0.5) is 0 Å². The van der Waals surface area contributed by atoms with E-state index in [2.05, 4.69) is 4.72 Å². The molecule has 30 heavy (non-hydrogen) atoms. The molecule has 1 aromatic heterocycles. The summed E-state index contributed by atoms with van der Waals surface area (Å²) in [6.07, 6.45) is 1.50. The van der Waals surface area contributed by atoms with Gasteiger partial charge >= 0.3 is 0 Å². The molecule has 0 radical (unpaired) electrons. The molecule has 1 aliphatic heterocycles. The van der Waals surface area contributed by atoms with Crippen LogP contribution in [0.25, 0.3) is 11.0 Å². The Labute approximate surface area is 176 Å². The lowest BCUT2D eigenvalue weighted by Crippen LogP contribution is -2.41. The zero-order valence-electron chi connectivity index (χ0n) is 17.2. The molecule has 0 unspecified atom stereocenters. The molecule has 1 amide bonds. The van der Waals surface area contributed by atoms with Crippen LogP contribution in [-0.2, 0) is 10.0 Å². The lowest BCUT2D eigenvalue weighted by molar-refractivity contribution is 0.0662. The van der Waals surface area contributed by atoms with Crippen molar-refractivity contribution in [2.24, 2.45) is 5.92 Å². The zero-order valence-corrected chi connectivity index (χ0v) is 18.0. The fourth-order valence-electron chi connectivity index (χ4n) is 3.78. The maximum Gasteiger partial charge on any atom is 0.289 e. The number of para-hydroxylation sites is 1. The third-order valence-electron chi connectivity index (χ3n) is 5.89. The first-order valence-corrected chi connectivity index (χ1v) is 11.7. The van der Waals surface area contributed by atoms with Crippen molar-refractivity contribution >= 4 is 26.9 Å². The first-order valence-electron chi connectivity index (χ1n) is 10.2. The minimum Gasteiger partial charge on any atom is -0.451 e. The van der Waals surface area contributed by atoms with Crippen LogP contribution in [0.15, 0.2) is 57.8 Å². The van der Waals surface area contributed by atoms with E-state index in [4.69, 9.17) is 4.42 Å². The van der Waals surface area contributed by atoms with Gasteiger partial charge in [0.2, 0.25) is 10.0 Å². The second kappa shape index (κ2) is 8.24. The van der Waals surface area contributed by atoms with Gasteiger partial charge in [-0.05, 0) is 68.0 Å². The molecule has 0 bridgehead atoms. The number of hydrogen-bond acceptors (Lipinski definition) is 4. The second-order valence-corrected chi connectivity index (χ2v) is 9.75. The highest BCUT2D eigenvalue weighted by molar-refractivity contribution is 7.89. The Morgan fingerprint density at radius 2 is 1.80 bits per heavy atom. The van der Waals surface area contributed by atoms with Crippen molar-refractivity contribution in [1.29, 1.82) is 0 Å². The summed E-state index contributed by atoms with van der Waals surface area (Å²) in [5, 5.41) is 0.913. The van der Waals surface area contributed by atoms with Crippen LogP contribution in [-0.4, -0.2) is 38.9 Å². The number of piperidine rings is 1. The minimum atomic E-state index is -3.53. The smallest absolute Gasteiger partial charge is 0.289 e. The second-order valence-electron chi connectivity index (χ2n) is 7.98. The molecule has 1 saturated heterocycles. The summed E-state index contributed by atoms with van der Waals surface area (Å²) in [5.74, 6) is 0.441. The molecule has 1 aliphatic rings. The zero-order chi connectivity index (χ0) is 21.3. The molecule has 6 nitrogen and oxygen atoms in total. The molecular weight excluding hydrogens is 400 g/mol. The molecule has 2 aromatic carbocycles. The standard InChI is InChI=1S/C23H26N2O4S/c1-16-7-8-20(13-17(16)2)30(27,28)24-15-18-9-11-25(12-10-18)23(26)22-14-19-5-3-4-6-21(19)29-22/h3-8,13-14,18,24H,9-12,15H2,1-2H3. The van der Waals surface area contributed by atoms with E-state index >= 15 is 0 Å². The van der Waals surface area contributed by atoms with Crippen molar-refractivity contribution in [3.05, 3.63) is 65.4 Å². The number of benzene rings is 2. The summed E-state index contributed by atoms with van der Waals surface area (Å²) >= 11 is 0. The Kier molecular flexibility index (Phi) is 5.66. The first kappa shape index (κ1) is 20.6. The number of carbonyl (C=O) groups excluding carboxylic acids is 1. The van der Waals surface area contributed by atoms with Gasteiger partial charge in [-0.1, -0.05) is 24.3 Å². The molecule has 1 fully saturated rings. The summed E-state index contributed by atoms with van der Waals surface area (Å²) in [7, 11) is -3.53. The highest BCUT2D eigenvalue weighted by atomic mass is 32.2. The summed E-state index contributed by atoms with van der Waals surface area (Å²) < 4.78 is 33.6. The number of rotatable bonds is 5. The number of amides is 1. The van der Waals surface area contributed by atoms with Gasteiger partial charge in [0.25, 0.3) is 5.91 Å². The molecular formula is C23H26N2O4S. The van der Waals surface area contributed by atoms with E-state index in [1.54, 1.807) is 23.1 Å². The monoisotopic (exact) mass is 426 g/mol. The first-order chi connectivity index (χ1) is 14.3. The fraction of sp³-hybridized carbons (Fsp3) is 0.348. The molecule has 0 saturated carbocycles. The van der Waals surface area contributed by atoms with Crippen molar-refractivity contribution in [3.63, 3.8) is 0 Å². The van der Waals surface area contributed by atoms with Gasteiger partial charge in [0.05, 0.1) is 4.90 Å². The van der Waals surface area contributed by atoms with Crippen LogP contribution in [0, 0.1) is 19.8 Å². The number of aryl methyl sites for hydroxylation is 2. The maximum atomic E-state index is 12.8. The van der Waals surface area contributed by atoms with Crippen molar-refractivity contribution in [2.75, 3.05) is 19.6 Å². The van der Waals surface area contributed by atoms with E-state index in [-0.39, 0.29) is 11.8 Å². The topological polar surface area (TPSA) is 79.6 Å². The SMILES string of the molecule is Cc1ccc(S(=O)(=O)NCC2CCN(C(=O)c3cc4ccccc4o3)CC2)cc1C. The Hall–Kier alpha value is -2.64. The Bertz CT molecular complexity index is 1140. The highest BCUT2D eigenvalue weighted by Gasteiger charge is 2.27. The number of nitrogens with zero attached hydrogens (tertiary/aromatic N) is 1. The predicted molar refractivity (Wildman–Crippen MR) is 116 cm³/mol. The molecule has 158 valence electrons. The number of fused-ring (bicyclic) bond motifs is 1. The van der Waals surface area contributed by atoms with Gasteiger partial charge in [0.15, 0.2) is 5.76 Å². The fourth-order valence-corrected chi connectivity index (χ4v) is 4.98. The van der Waals surface area contributed by atoms with Crippen molar-refractivity contribution in [3.8, 4) is 0 Å². The van der Waals surface area contributed by atoms with Gasteiger partial charge < -0.3 is 9.32 Å². The molecule has 0 spiro atoms. The van der Waals surface area contributed by atoms with Gasteiger partial charge in [0.1, 0.15) is 5.58 Å². The number of hydrogen-bond donors (Lipinski definition) is 1. The predicted octanol–water partition coefficient (Wildman–Crippen LogP) is 3.88. The lowest BCUT2D eigenvalue weighted by atomic mass is 9.97. The van der Waals surface area contributed by atoms with Crippen molar-refractivity contribution in [2.45, 2.75) is 31.6 Å². The largest absolute Gasteiger partial charge is 0.451 e. The number of carbonyl (C=O) groups is 1. The van der Waals surface area contributed by atoms with Gasteiger partial charge in [-0.15, -0.1) is 0 Å². The summed E-state index contributed by atoms with van der Waals surface area (Å²) in [4.78, 5) is 14.8. The van der Waals surface area contributed by atoms with Crippen LogP contribution < -0.4 is 4.72 Å². The number of furan rings is 1. The van der Waals surface area contributed by atoms with Gasteiger partial charge in [-0.3, -0.25) is 4.79 Å².